The number of hydrogen-bond acceptors (Lipinski definition) is 6. The summed E-state index contributed by atoms with van der Waals surface area (Å²) in [5.41, 5.74) is 1.81. The SMILES string of the molecule is CCOC(=O)c1nnc(Cc2ccc3ncc(Cl)cc3c2)o1. The molecule has 2 aromatic heterocycles. The Labute approximate surface area is 131 Å². The van der Waals surface area contributed by atoms with Gasteiger partial charge in [0.1, 0.15) is 0 Å². The number of pyridine rings is 1. The number of halogens is 1. The number of aromatic nitrogens is 3. The van der Waals surface area contributed by atoms with Crippen molar-refractivity contribution in [2.45, 2.75) is 13.3 Å². The van der Waals surface area contributed by atoms with Gasteiger partial charge in [-0.2, -0.15) is 0 Å². The lowest BCUT2D eigenvalue weighted by atomic mass is 10.1. The Morgan fingerprint density at radius 2 is 2.18 bits per heavy atom. The highest BCUT2D eigenvalue weighted by Gasteiger charge is 2.16. The van der Waals surface area contributed by atoms with Gasteiger partial charge in [-0.15, -0.1) is 10.2 Å². The number of benzene rings is 1. The van der Waals surface area contributed by atoms with Crippen LogP contribution in [0.3, 0.4) is 0 Å². The van der Waals surface area contributed by atoms with Crippen molar-refractivity contribution in [2.24, 2.45) is 0 Å². The van der Waals surface area contributed by atoms with E-state index in [0.29, 0.717) is 17.3 Å². The van der Waals surface area contributed by atoms with E-state index < -0.39 is 5.97 Å². The van der Waals surface area contributed by atoms with Crippen molar-refractivity contribution in [2.75, 3.05) is 6.61 Å². The number of esters is 1. The standard InChI is InChI=1S/C15H12ClN3O3/c1-2-21-15(20)14-19-18-13(22-14)6-9-3-4-12-10(5-9)7-11(16)8-17-12/h3-5,7-8H,2,6H2,1H3. The Morgan fingerprint density at radius 3 is 3.00 bits per heavy atom. The van der Waals surface area contributed by atoms with Crippen LogP contribution in [0, 0.1) is 0 Å². The van der Waals surface area contributed by atoms with Crippen LogP contribution in [0.4, 0.5) is 0 Å². The van der Waals surface area contributed by atoms with Crippen LogP contribution < -0.4 is 0 Å². The Kier molecular flexibility index (Phi) is 4.02. The molecule has 0 aliphatic rings. The molecule has 3 rings (SSSR count). The van der Waals surface area contributed by atoms with Crippen LogP contribution in [-0.4, -0.2) is 27.8 Å². The summed E-state index contributed by atoms with van der Waals surface area (Å²) in [6.07, 6.45) is 2.02. The Morgan fingerprint density at radius 1 is 1.32 bits per heavy atom. The molecule has 0 spiro atoms. The van der Waals surface area contributed by atoms with E-state index in [2.05, 4.69) is 15.2 Å². The minimum absolute atomic E-state index is 0.137. The fourth-order valence-electron chi connectivity index (χ4n) is 2.04. The summed E-state index contributed by atoms with van der Waals surface area (Å²) in [7, 11) is 0. The number of ether oxygens (including phenoxy) is 1. The molecular formula is C15H12ClN3O3. The van der Waals surface area contributed by atoms with Crippen LogP contribution >= 0.6 is 11.6 Å². The third-order valence-electron chi connectivity index (χ3n) is 2.98. The minimum atomic E-state index is -0.615. The molecule has 112 valence electrons. The average Bonchev–Trinajstić information content (AvgIpc) is 2.96. The molecular weight excluding hydrogens is 306 g/mol. The van der Waals surface area contributed by atoms with E-state index in [1.807, 2.05) is 24.3 Å². The summed E-state index contributed by atoms with van der Waals surface area (Å²) in [5.74, 6) is -0.407. The van der Waals surface area contributed by atoms with Crippen LogP contribution in [0.25, 0.3) is 10.9 Å². The van der Waals surface area contributed by atoms with Gasteiger partial charge in [-0.25, -0.2) is 4.79 Å². The van der Waals surface area contributed by atoms with E-state index in [9.17, 15) is 4.79 Å². The molecule has 0 saturated carbocycles. The molecule has 0 aliphatic carbocycles. The molecule has 0 N–H and O–H groups in total. The van der Waals surface area contributed by atoms with Gasteiger partial charge < -0.3 is 9.15 Å². The first-order valence-electron chi connectivity index (χ1n) is 6.69. The topological polar surface area (TPSA) is 78.1 Å². The van der Waals surface area contributed by atoms with Crippen LogP contribution in [0.5, 0.6) is 0 Å². The highest BCUT2D eigenvalue weighted by molar-refractivity contribution is 6.31. The zero-order chi connectivity index (χ0) is 15.5. The largest absolute Gasteiger partial charge is 0.459 e. The third kappa shape index (κ3) is 3.07. The Bertz CT molecular complexity index is 832. The van der Waals surface area contributed by atoms with Gasteiger partial charge in [-0.1, -0.05) is 17.7 Å². The van der Waals surface area contributed by atoms with E-state index in [0.717, 1.165) is 16.5 Å². The maximum atomic E-state index is 11.5. The van der Waals surface area contributed by atoms with Crippen molar-refractivity contribution in [3.8, 4) is 0 Å². The Hall–Kier alpha value is -2.47. The molecule has 6 nitrogen and oxygen atoms in total. The quantitative estimate of drug-likeness (QED) is 0.688. The second kappa shape index (κ2) is 6.11. The van der Waals surface area contributed by atoms with Crippen molar-refractivity contribution >= 4 is 28.5 Å². The molecule has 22 heavy (non-hydrogen) atoms. The van der Waals surface area contributed by atoms with Crippen molar-refractivity contribution in [3.05, 3.63) is 52.8 Å². The number of rotatable bonds is 4. The zero-order valence-corrected chi connectivity index (χ0v) is 12.5. The maximum absolute atomic E-state index is 11.5. The second-order valence-corrected chi connectivity index (χ2v) is 5.02. The molecule has 2 heterocycles. The van der Waals surface area contributed by atoms with Crippen LogP contribution in [-0.2, 0) is 11.2 Å². The number of carbonyl (C=O) groups is 1. The van der Waals surface area contributed by atoms with Gasteiger partial charge in [-0.3, -0.25) is 4.98 Å². The summed E-state index contributed by atoms with van der Waals surface area (Å²) >= 11 is 5.94. The molecule has 1 aromatic carbocycles. The number of fused-ring (bicyclic) bond motifs is 1. The van der Waals surface area contributed by atoms with Gasteiger partial charge in [0.05, 0.1) is 23.6 Å². The van der Waals surface area contributed by atoms with Gasteiger partial charge >= 0.3 is 11.9 Å². The van der Waals surface area contributed by atoms with E-state index in [4.69, 9.17) is 20.8 Å². The van der Waals surface area contributed by atoms with Gasteiger partial charge in [-0.05, 0) is 30.7 Å². The van der Waals surface area contributed by atoms with Gasteiger partial charge in [0.15, 0.2) is 0 Å². The van der Waals surface area contributed by atoms with E-state index in [1.54, 1.807) is 13.1 Å². The van der Waals surface area contributed by atoms with Gasteiger partial charge in [0, 0.05) is 11.6 Å². The predicted octanol–water partition coefficient (Wildman–Crippen LogP) is 3.04. The molecule has 0 saturated heterocycles. The van der Waals surface area contributed by atoms with Crippen LogP contribution in [0.2, 0.25) is 5.02 Å². The first-order chi connectivity index (χ1) is 10.7. The van der Waals surface area contributed by atoms with Gasteiger partial charge in [0.2, 0.25) is 5.89 Å². The van der Waals surface area contributed by atoms with Crippen molar-refractivity contribution in [1.29, 1.82) is 0 Å². The zero-order valence-electron chi connectivity index (χ0n) is 11.7. The third-order valence-corrected chi connectivity index (χ3v) is 3.19. The lowest BCUT2D eigenvalue weighted by Crippen LogP contribution is -2.04. The van der Waals surface area contributed by atoms with Crippen LogP contribution in [0.1, 0.15) is 29.1 Å². The number of nitrogens with zero attached hydrogens (tertiary/aromatic N) is 3. The fraction of sp³-hybridized carbons (Fsp3) is 0.200. The summed E-state index contributed by atoms with van der Waals surface area (Å²) in [6, 6.07) is 7.59. The predicted molar refractivity (Wildman–Crippen MR) is 79.8 cm³/mol. The van der Waals surface area contributed by atoms with Crippen molar-refractivity contribution in [1.82, 2.24) is 15.2 Å². The molecule has 0 aliphatic heterocycles. The second-order valence-electron chi connectivity index (χ2n) is 4.58. The normalized spacial score (nSPS) is 10.8. The van der Waals surface area contributed by atoms with E-state index >= 15 is 0 Å². The first-order valence-corrected chi connectivity index (χ1v) is 7.07. The lowest BCUT2D eigenvalue weighted by Gasteiger charge is -2.01. The van der Waals surface area contributed by atoms with E-state index in [-0.39, 0.29) is 12.5 Å². The van der Waals surface area contributed by atoms with Crippen LogP contribution in [0.15, 0.2) is 34.9 Å². The average molecular weight is 318 g/mol. The number of hydrogen-bond donors (Lipinski definition) is 0. The smallest absolute Gasteiger partial charge is 0.396 e. The van der Waals surface area contributed by atoms with Crippen molar-refractivity contribution in [3.63, 3.8) is 0 Å². The molecule has 7 heteroatoms. The van der Waals surface area contributed by atoms with Crippen molar-refractivity contribution < 1.29 is 13.9 Å². The first kappa shape index (κ1) is 14.5. The monoisotopic (exact) mass is 317 g/mol. The molecule has 0 radical (unpaired) electrons. The number of carbonyl (C=O) groups excluding carboxylic acids is 1. The molecule has 0 bridgehead atoms. The summed E-state index contributed by atoms with van der Waals surface area (Å²) in [6.45, 7) is 1.97. The van der Waals surface area contributed by atoms with E-state index in [1.165, 1.54) is 0 Å². The molecule has 0 atom stereocenters. The maximum Gasteiger partial charge on any atom is 0.396 e. The Balaban J connectivity index is 1.82. The highest BCUT2D eigenvalue weighted by atomic mass is 35.5. The van der Waals surface area contributed by atoms with Gasteiger partial charge in [0.25, 0.3) is 0 Å². The summed E-state index contributed by atoms with van der Waals surface area (Å²) in [5, 5.41) is 9.04. The summed E-state index contributed by atoms with van der Waals surface area (Å²) < 4.78 is 10.1. The minimum Gasteiger partial charge on any atom is -0.459 e. The molecule has 0 unspecified atom stereocenters. The lowest BCUT2D eigenvalue weighted by molar-refractivity contribution is 0.0479. The highest BCUT2D eigenvalue weighted by Crippen LogP contribution is 2.19. The fourth-order valence-corrected chi connectivity index (χ4v) is 2.21. The summed E-state index contributed by atoms with van der Waals surface area (Å²) in [4.78, 5) is 15.7. The molecule has 3 aromatic rings. The molecule has 0 fully saturated rings. The molecule has 0 amide bonds.